The summed E-state index contributed by atoms with van der Waals surface area (Å²) in [6.45, 7) is 9.00. The summed E-state index contributed by atoms with van der Waals surface area (Å²) in [6, 6.07) is 8.64. The topological polar surface area (TPSA) is 0 Å². The molecule has 0 radical (unpaired) electrons. The van der Waals surface area contributed by atoms with Crippen molar-refractivity contribution in [1.82, 2.24) is 0 Å². The molecule has 0 fully saturated rings. The summed E-state index contributed by atoms with van der Waals surface area (Å²) in [5.74, 6) is 1.25. The van der Waals surface area contributed by atoms with Gasteiger partial charge in [-0.3, -0.25) is 0 Å². The van der Waals surface area contributed by atoms with E-state index in [2.05, 4.69) is 67.9 Å². The Kier molecular flexibility index (Phi) is 4.18. The molecule has 0 amide bonds. The minimum Gasteiger partial charge on any atom is -0.0881 e. The summed E-state index contributed by atoms with van der Waals surface area (Å²) < 4.78 is 0. The lowest BCUT2D eigenvalue weighted by Gasteiger charge is -2.23. The molecule has 0 aliphatic heterocycles. The molecule has 0 spiro atoms. The lowest BCUT2D eigenvalue weighted by atomic mass is 9.89. The summed E-state index contributed by atoms with van der Waals surface area (Å²) >= 11 is 3.78. The van der Waals surface area contributed by atoms with E-state index in [0.717, 1.165) is 0 Å². The maximum absolute atomic E-state index is 3.78. The first-order chi connectivity index (χ1) is 6.54. The van der Waals surface area contributed by atoms with E-state index in [1.807, 2.05) is 0 Å². The van der Waals surface area contributed by atoms with Gasteiger partial charge in [0.1, 0.15) is 0 Å². The van der Waals surface area contributed by atoms with Crippen molar-refractivity contribution in [2.45, 2.75) is 38.4 Å². The molecule has 1 aromatic carbocycles. The lowest BCUT2D eigenvalue weighted by Crippen LogP contribution is -2.16. The minimum absolute atomic E-state index is 0.559. The molecule has 2 unspecified atom stereocenters. The number of alkyl halides is 1. The second-order valence-electron chi connectivity index (χ2n) is 4.33. The van der Waals surface area contributed by atoms with Gasteiger partial charge in [0.15, 0.2) is 0 Å². The Bertz CT molecular complexity index is 291. The standard InChI is InChI=1S/C13H19Br/c1-9(2)13(14)11(4)12-8-6-5-7-10(12)3/h5-9,11,13H,1-4H3. The first kappa shape index (κ1) is 11.8. The van der Waals surface area contributed by atoms with E-state index in [1.54, 1.807) is 0 Å². The molecular weight excluding hydrogens is 236 g/mol. The van der Waals surface area contributed by atoms with Crippen LogP contribution in [0.4, 0.5) is 0 Å². The Labute approximate surface area is 95.9 Å². The van der Waals surface area contributed by atoms with Gasteiger partial charge in [0, 0.05) is 4.83 Å². The van der Waals surface area contributed by atoms with Gasteiger partial charge >= 0.3 is 0 Å². The number of halogens is 1. The molecule has 0 aromatic heterocycles. The molecule has 0 saturated carbocycles. The summed E-state index contributed by atoms with van der Waals surface area (Å²) in [7, 11) is 0. The van der Waals surface area contributed by atoms with Crippen molar-refractivity contribution in [3.63, 3.8) is 0 Å². The maximum atomic E-state index is 3.78. The van der Waals surface area contributed by atoms with Crippen molar-refractivity contribution in [3.8, 4) is 0 Å². The van der Waals surface area contributed by atoms with Gasteiger partial charge in [-0.15, -0.1) is 0 Å². The van der Waals surface area contributed by atoms with Crippen molar-refractivity contribution in [2.24, 2.45) is 5.92 Å². The Morgan fingerprint density at radius 1 is 1.07 bits per heavy atom. The van der Waals surface area contributed by atoms with Crippen LogP contribution in [0.2, 0.25) is 0 Å². The van der Waals surface area contributed by atoms with E-state index in [4.69, 9.17) is 0 Å². The molecule has 1 rings (SSSR count). The molecular formula is C13H19Br. The fraction of sp³-hybridized carbons (Fsp3) is 0.538. The highest BCUT2D eigenvalue weighted by Gasteiger charge is 2.19. The summed E-state index contributed by atoms with van der Waals surface area (Å²) in [4.78, 5) is 0.559. The molecule has 0 aliphatic carbocycles. The molecule has 1 heteroatoms. The first-order valence-electron chi connectivity index (χ1n) is 5.23. The second-order valence-corrected chi connectivity index (χ2v) is 5.39. The average Bonchev–Trinajstić information content (AvgIpc) is 2.16. The maximum Gasteiger partial charge on any atom is 0.0234 e. The van der Waals surface area contributed by atoms with Gasteiger partial charge in [-0.05, 0) is 29.9 Å². The Morgan fingerprint density at radius 2 is 1.64 bits per heavy atom. The van der Waals surface area contributed by atoms with Crippen LogP contribution in [-0.4, -0.2) is 4.83 Å². The Hall–Kier alpha value is -0.300. The zero-order valence-electron chi connectivity index (χ0n) is 9.42. The van der Waals surface area contributed by atoms with Crippen LogP contribution in [0.15, 0.2) is 24.3 Å². The quantitative estimate of drug-likeness (QED) is 0.697. The molecule has 0 bridgehead atoms. The number of aryl methyl sites for hydroxylation is 1. The number of benzene rings is 1. The van der Waals surface area contributed by atoms with Gasteiger partial charge in [-0.1, -0.05) is 61.0 Å². The molecule has 0 nitrogen and oxygen atoms in total. The summed E-state index contributed by atoms with van der Waals surface area (Å²) in [6.07, 6.45) is 0. The van der Waals surface area contributed by atoms with Crippen LogP contribution in [-0.2, 0) is 0 Å². The second kappa shape index (κ2) is 4.97. The summed E-state index contributed by atoms with van der Waals surface area (Å²) in [5.41, 5.74) is 2.85. The largest absolute Gasteiger partial charge is 0.0881 e. The molecule has 0 heterocycles. The van der Waals surface area contributed by atoms with Crippen LogP contribution in [0.25, 0.3) is 0 Å². The van der Waals surface area contributed by atoms with Crippen molar-refractivity contribution in [2.75, 3.05) is 0 Å². The highest BCUT2D eigenvalue weighted by Crippen LogP contribution is 2.31. The van der Waals surface area contributed by atoms with E-state index in [-0.39, 0.29) is 0 Å². The highest BCUT2D eigenvalue weighted by atomic mass is 79.9. The first-order valence-corrected chi connectivity index (χ1v) is 6.15. The van der Waals surface area contributed by atoms with Crippen LogP contribution in [0, 0.1) is 12.8 Å². The van der Waals surface area contributed by atoms with E-state index in [1.165, 1.54) is 11.1 Å². The lowest BCUT2D eigenvalue weighted by molar-refractivity contribution is 0.549. The molecule has 78 valence electrons. The molecule has 2 atom stereocenters. The molecule has 1 aromatic rings. The Morgan fingerprint density at radius 3 is 2.14 bits per heavy atom. The highest BCUT2D eigenvalue weighted by molar-refractivity contribution is 9.09. The van der Waals surface area contributed by atoms with Gasteiger partial charge in [0.05, 0.1) is 0 Å². The third-order valence-corrected chi connectivity index (χ3v) is 4.64. The van der Waals surface area contributed by atoms with Crippen molar-refractivity contribution < 1.29 is 0 Å². The monoisotopic (exact) mass is 254 g/mol. The number of hydrogen-bond donors (Lipinski definition) is 0. The third-order valence-electron chi connectivity index (χ3n) is 2.79. The van der Waals surface area contributed by atoms with E-state index in [0.29, 0.717) is 16.7 Å². The zero-order chi connectivity index (χ0) is 10.7. The predicted octanol–water partition coefficient (Wildman–Crippen LogP) is 4.52. The van der Waals surface area contributed by atoms with Gasteiger partial charge in [0.2, 0.25) is 0 Å². The fourth-order valence-corrected chi connectivity index (χ4v) is 2.13. The van der Waals surface area contributed by atoms with Gasteiger partial charge < -0.3 is 0 Å². The van der Waals surface area contributed by atoms with E-state index in [9.17, 15) is 0 Å². The van der Waals surface area contributed by atoms with Crippen LogP contribution >= 0.6 is 15.9 Å². The predicted molar refractivity (Wildman–Crippen MR) is 67.1 cm³/mol. The SMILES string of the molecule is Cc1ccccc1C(C)C(Br)C(C)C. The molecule has 0 N–H and O–H groups in total. The van der Waals surface area contributed by atoms with Crippen LogP contribution < -0.4 is 0 Å². The molecule has 0 saturated heterocycles. The smallest absolute Gasteiger partial charge is 0.0234 e. The zero-order valence-corrected chi connectivity index (χ0v) is 11.0. The van der Waals surface area contributed by atoms with Crippen LogP contribution in [0.1, 0.15) is 37.8 Å². The van der Waals surface area contributed by atoms with Crippen LogP contribution in [0.5, 0.6) is 0 Å². The van der Waals surface area contributed by atoms with Gasteiger partial charge in [0.25, 0.3) is 0 Å². The third kappa shape index (κ3) is 2.60. The van der Waals surface area contributed by atoms with Crippen molar-refractivity contribution in [3.05, 3.63) is 35.4 Å². The average molecular weight is 255 g/mol. The van der Waals surface area contributed by atoms with Gasteiger partial charge in [-0.25, -0.2) is 0 Å². The Balaban J connectivity index is 2.89. The normalized spacial score (nSPS) is 15.6. The summed E-state index contributed by atoms with van der Waals surface area (Å²) in [5, 5.41) is 0. The van der Waals surface area contributed by atoms with Crippen molar-refractivity contribution in [1.29, 1.82) is 0 Å². The van der Waals surface area contributed by atoms with Crippen molar-refractivity contribution >= 4 is 15.9 Å². The van der Waals surface area contributed by atoms with E-state index >= 15 is 0 Å². The van der Waals surface area contributed by atoms with Gasteiger partial charge in [-0.2, -0.15) is 0 Å². The molecule has 0 aliphatic rings. The number of hydrogen-bond acceptors (Lipinski definition) is 0. The fourth-order valence-electron chi connectivity index (χ4n) is 1.85. The minimum atomic E-state index is 0.559. The molecule has 14 heavy (non-hydrogen) atoms. The number of rotatable bonds is 3. The van der Waals surface area contributed by atoms with E-state index < -0.39 is 0 Å². The van der Waals surface area contributed by atoms with Crippen LogP contribution in [0.3, 0.4) is 0 Å².